The number of piperazine rings is 1. The average molecular weight is 253 g/mol. The third kappa shape index (κ3) is 2.15. The van der Waals surface area contributed by atoms with Crippen LogP contribution in [-0.2, 0) is 11.3 Å². The van der Waals surface area contributed by atoms with Gasteiger partial charge in [-0.2, -0.15) is 0 Å². The maximum atomic E-state index is 6.05. The number of benzene rings is 1. The summed E-state index contributed by atoms with van der Waals surface area (Å²) >= 11 is 6.05. The van der Waals surface area contributed by atoms with E-state index in [0.29, 0.717) is 12.6 Å². The summed E-state index contributed by atoms with van der Waals surface area (Å²) in [5, 5.41) is 0.792. The number of ether oxygens (including phenoxy) is 1. The van der Waals surface area contributed by atoms with Gasteiger partial charge < -0.3 is 14.5 Å². The van der Waals surface area contributed by atoms with Crippen LogP contribution in [0.1, 0.15) is 5.56 Å². The zero-order chi connectivity index (χ0) is 11.8. The summed E-state index contributed by atoms with van der Waals surface area (Å²) in [4.78, 5) is 4.84. The Labute approximate surface area is 107 Å². The van der Waals surface area contributed by atoms with Crippen molar-refractivity contribution in [3.05, 3.63) is 28.8 Å². The summed E-state index contributed by atoms with van der Waals surface area (Å²) in [7, 11) is 2.17. The fourth-order valence-corrected chi connectivity index (χ4v) is 2.92. The molecule has 1 fully saturated rings. The molecule has 1 aromatic carbocycles. The summed E-state index contributed by atoms with van der Waals surface area (Å²) in [5.74, 6) is 0. The SMILES string of the molecule is CN1CCN2c3ccc(Cl)cc3COCC2C1. The minimum absolute atomic E-state index is 0.469. The lowest BCUT2D eigenvalue weighted by molar-refractivity contribution is 0.0959. The lowest BCUT2D eigenvalue weighted by Gasteiger charge is -2.40. The summed E-state index contributed by atoms with van der Waals surface area (Å²) in [6.45, 7) is 4.73. The van der Waals surface area contributed by atoms with E-state index in [4.69, 9.17) is 16.3 Å². The van der Waals surface area contributed by atoms with Crippen molar-refractivity contribution in [3.8, 4) is 0 Å². The highest BCUT2D eigenvalue weighted by molar-refractivity contribution is 6.30. The van der Waals surface area contributed by atoms with Crippen LogP contribution in [0.25, 0.3) is 0 Å². The van der Waals surface area contributed by atoms with Crippen LogP contribution in [0.3, 0.4) is 0 Å². The maximum absolute atomic E-state index is 6.05. The molecule has 0 spiro atoms. The van der Waals surface area contributed by atoms with Crippen molar-refractivity contribution in [2.45, 2.75) is 12.6 Å². The van der Waals surface area contributed by atoms with Gasteiger partial charge in [0.25, 0.3) is 0 Å². The Morgan fingerprint density at radius 1 is 1.35 bits per heavy atom. The number of nitrogens with zero attached hydrogens (tertiary/aromatic N) is 2. The van der Waals surface area contributed by atoms with E-state index in [1.807, 2.05) is 12.1 Å². The van der Waals surface area contributed by atoms with Gasteiger partial charge in [-0.1, -0.05) is 11.6 Å². The molecule has 1 atom stereocenters. The monoisotopic (exact) mass is 252 g/mol. The Bertz CT molecular complexity index is 424. The van der Waals surface area contributed by atoms with Crippen LogP contribution in [0.2, 0.25) is 5.02 Å². The molecule has 1 saturated heterocycles. The molecule has 2 aliphatic rings. The molecule has 2 heterocycles. The molecule has 0 amide bonds. The zero-order valence-electron chi connectivity index (χ0n) is 10.0. The Morgan fingerprint density at radius 2 is 2.24 bits per heavy atom. The van der Waals surface area contributed by atoms with Crippen molar-refractivity contribution in [2.24, 2.45) is 0 Å². The van der Waals surface area contributed by atoms with Crippen LogP contribution in [-0.4, -0.2) is 44.2 Å². The highest BCUT2D eigenvalue weighted by Gasteiger charge is 2.29. The molecule has 0 bridgehead atoms. The number of hydrogen-bond donors (Lipinski definition) is 0. The normalized spacial score (nSPS) is 25.1. The third-order valence-electron chi connectivity index (χ3n) is 3.60. The topological polar surface area (TPSA) is 15.7 Å². The largest absolute Gasteiger partial charge is 0.375 e. The van der Waals surface area contributed by atoms with Crippen molar-refractivity contribution < 1.29 is 4.74 Å². The highest BCUT2D eigenvalue weighted by Crippen LogP contribution is 2.30. The van der Waals surface area contributed by atoms with E-state index in [1.54, 1.807) is 0 Å². The van der Waals surface area contributed by atoms with Gasteiger partial charge in [-0.05, 0) is 25.2 Å². The smallest absolute Gasteiger partial charge is 0.0738 e. The quantitative estimate of drug-likeness (QED) is 0.702. The van der Waals surface area contributed by atoms with Crippen molar-refractivity contribution in [1.82, 2.24) is 4.90 Å². The van der Waals surface area contributed by atoms with Crippen LogP contribution in [0.5, 0.6) is 0 Å². The summed E-state index contributed by atoms with van der Waals surface area (Å²) in [6, 6.07) is 6.60. The molecule has 0 radical (unpaired) electrons. The fraction of sp³-hybridized carbons (Fsp3) is 0.538. The fourth-order valence-electron chi connectivity index (χ4n) is 2.73. The summed E-state index contributed by atoms with van der Waals surface area (Å²) in [6.07, 6.45) is 0. The Kier molecular flexibility index (Phi) is 2.99. The molecule has 0 aliphatic carbocycles. The minimum Gasteiger partial charge on any atom is -0.375 e. The first-order chi connectivity index (χ1) is 8.24. The van der Waals surface area contributed by atoms with Crippen LogP contribution < -0.4 is 4.90 Å². The number of anilines is 1. The summed E-state index contributed by atoms with van der Waals surface area (Å²) < 4.78 is 5.77. The molecule has 1 unspecified atom stereocenters. The van der Waals surface area contributed by atoms with E-state index in [-0.39, 0.29) is 0 Å². The number of fused-ring (bicyclic) bond motifs is 3. The van der Waals surface area contributed by atoms with Crippen molar-refractivity contribution >= 4 is 17.3 Å². The van der Waals surface area contributed by atoms with E-state index in [0.717, 1.165) is 31.3 Å². The molecule has 0 N–H and O–H groups in total. The van der Waals surface area contributed by atoms with Crippen molar-refractivity contribution in [1.29, 1.82) is 0 Å². The lowest BCUT2D eigenvalue weighted by atomic mass is 10.1. The van der Waals surface area contributed by atoms with E-state index >= 15 is 0 Å². The first-order valence-electron chi connectivity index (χ1n) is 6.05. The van der Waals surface area contributed by atoms with E-state index in [9.17, 15) is 0 Å². The first kappa shape index (κ1) is 11.3. The lowest BCUT2D eigenvalue weighted by Crippen LogP contribution is -2.53. The van der Waals surface area contributed by atoms with E-state index in [1.165, 1.54) is 11.3 Å². The molecule has 3 rings (SSSR count). The van der Waals surface area contributed by atoms with Gasteiger partial charge in [-0.3, -0.25) is 0 Å². The van der Waals surface area contributed by atoms with Gasteiger partial charge in [0.2, 0.25) is 0 Å². The van der Waals surface area contributed by atoms with Gasteiger partial charge in [0, 0.05) is 35.9 Å². The van der Waals surface area contributed by atoms with Crippen LogP contribution >= 0.6 is 11.6 Å². The molecular formula is C13H17ClN2O. The second kappa shape index (κ2) is 4.48. The standard InChI is InChI=1S/C13H17ClN2O/c1-15-4-5-16-12(7-15)9-17-8-10-6-11(14)2-3-13(10)16/h2-3,6,12H,4-5,7-9H2,1H3. The Hall–Kier alpha value is -0.770. The second-order valence-corrected chi connectivity index (χ2v) is 5.33. The molecule has 1 aromatic rings. The maximum Gasteiger partial charge on any atom is 0.0738 e. The molecule has 0 saturated carbocycles. The summed E-state index contributed by atoms with van der Waals surface area (Å²) in [5.41, 5.74) is 2.51. The number of rotatable bonds is 0. The van der Waals surface area contributed by atoms with E-state index < -0.39 is 0 Å². The van der Waals surface area contributed by atoms with E-state index in [2.05, 4.69) is 22.9 Å². The van der Waals surface area contributed by atoms with Gasteiger partial charge in [0.1, 0.15) is 0 Å². The minimum atomic E-state index is 0.469. The highest BCUT2D eigenvalue weighted by atomic mass is 35.5. The molecule has 4 heteroatoms. The number of halogens is 1. The van der Waals surface area contributed by atoms with Crippen molar-refractivity contribution in [3.63, 3.8) is 0 Å². The van der Waals surface area contributed by atoms with Crippen LogP contribution in [0, 0.1) is 0 Å². The Balaban J connectivity index is 1.96. The third-order valence-corrected chi connectivity index (χ3v) is 3.84. The van der Waals surface area contributed by atoms with Crippen LogP contribution in [0.15, 0.2) is 18.2 Å². The molecule has 2 aliphatic heterocycles. The molecule has 92 valence electrons. The number of hydrogen-bond acceptors (Lipinski definition) is 3. The Morgan fingerprint density at radius 3 is 3.12 bits per heavy atom. The van der Waals surface area contributed by atoms with Gasteiger partial charge >= 0.3 is 0 Å². The van der Waals surface area contributed by atoms with Crippen LogP contribution in [0.4, 0.5) is 5.69 Å². The molecule has 0 aromatic heterocycles. The van der Waals surface area contributed by atoms with Gasteiger partial charge in [0.05, 0.1) is 19.3 Å². The first-order valence-corrected chi connectivity index (χ1v) is 6.43. The van der Waals surface area contributed by atoms with Gasteiger partial charge in [-0.15, -0.1) is 0 Å². The predicted molar refractivity (Wildman–Crippen MR) is 69.7 cm³/mol. The predicted octanol–water partition coefficient (Wildman–Crippen LogP) is 1.99. The van der Waals surface area contributed by atoms with Crippen molar-refractivity contribution in [2.75, 3.05) is 38.2 Å². The zero-order valence-corrected chi connectivity index (χ0v) is 10.8. The molecular weight excluding hydrogens is 236 g/mol. The second-order valence-electron chi connectivity index (χ2n) is 4.90. The molecule has 3 nitrogen and oxygen atoms in total. The average Bonchev–Trinajstić information content (AvgIpc) is 2.47. The molecule has 17 heavy (non-hydrogen) atoms. The van der Waals surface area contributed by atoms with Gasteiger partial charge in [-0.25, -0.2) is 0 Å². The van der Waals surface area contributed by atoms with Gasteiger partial charge in [0.15, 0.2) is 0 Å². The number of likely N-dealkylation sites (N-methyl/N-ethyl adjacent to an activating group) is 1.